The minimum atomic E-state index is 0.617. The van der Waals surface area contributed by atoms with E-state index in [9.17, 15) is 0 Å². The molecule has 1 aromatic heterocycles. The second-order valence-corrected chi connectivity index (χ2v) is 5.54. The van der Waals surface area contributed by atoms with E-state index in [0.29, 0.717) is 11.2 Å². The minimum absolute atomic E-state index is 0.617. The standard InChI is InChI=1S/C12H19ClN4/c1-16-11(13)6-15-12(16)7-14-9-4-5-17(8-9)10-2-3-10/h6,9-10,14H,2-5,7-8H2,1H3. The number of hydrogen-bond acceptors (Lipinski definition) is 3. The number of likely N-dealkylation sites (tertiary alicyclic amines) is 1. The average molecular weight is 255 g/mol. The van der Waals surface area contributed by atoms with Crippen molar-refractivity contribution in [1.29, 1.82) is 0 Å². The highest BCUT2D eigenvalue weighted by molar-refractivity contribution is 6.29. The Hall–Kier alpha value is -0.580. The summed E-state index contributed by atoms with van der Waals surface area (Å²) in [7, 11) is 1.96. The largest absolute Gasteiger partial charge is 0.321 e. The molecule has 2 aliphatic rings. The Morgan fingerprint density at radius 1 is 1.47 bits per heavy atom. The van der Waals surface area contributed by atoms with Crippen LogP contribution in [0.25, 0.3) is 0 Å². The van der Waals surface area contributed by atoms with Gasteiger partial charge in [-0.25, -0.2) is 4.98 Å². The lowest BCUT2D eigenvalue weighted by Crippen LogP contribution is -2.33. The van der Waals surface area contributed by atoms with Gasteiger partial charge in [0, 0.05) is 32.2 Å². The summed E-state index contributed by atoms with van der Waals surface area (Å²) in [5.74, 6) is 1.01. The molecule has 1 aliphatic carbocycles. The molecule has 1 unspecified atom stereocenters. The summed E-state index contributed by atoms with van der Waals surface area (Å²) < 4.78 is 1.93. The molecule has 1 aliphatic heterocycles. The normalized spacial score (nSPS) is 25.6. The zero-order chi connectivity index (χ0) is 11.8. The molecule has 2 fully saturated rings. The summed E-state index contributed by atoms with van der Waals surface area (Å²) >= 11 is 5.96. The fourth-order valence-corrected chi connectivity index (χ4v) is 2.70. The van der Waals surface area contributed by atoms with E-state index in [2.05, 4.69) is 15.2 Å². The van der Waals surface area contributed by atoms with E-state index in [-0.39, 0.29) is 0 Å². The Morgan fingerprint density at radius 2 is 2.29 bits per heavy atom. The third-order valence-corrected chi connectivity index (χ3v) is 4.21. The third-order valence-electron chi connectivity index (χ3n) is 3.86. The Balaban J connectivity index is 1.50. The maximum absolute atomic E-state index is 5.96. The maximum atomic E-state index is 5.96. The topological polar surface area (TPSA) is 33.1 Å². The molecule has 3 rings (SSSR count). The zero-order valence-corrected chi connectivity index (χ0v) is 11.0. The zero-order valence-electron chi connectivity index (χ0n) is 10.2. The van der Waals surface area contributed by atoms with Crippen molar-refractivity contribution in [2.75, 3.05) is 13.1 Å². The van der Waals surface area contributed by atoms with Gasteiger partial charge in [0.05, 0.1) is 12.7 Å². The van der Waals surface area contributed by atoms with Crippen LogP contribution in [0.2, 0.25) is 5.15 Å². The minimum Gasteiger partial charge on any atom is -0.321 e. The van der Waals surface area contributed by atoms with E-state index in [4.69, 9.17) is 11.6 Å². The first-order chi connectivity index (χ1) is 8.24. The smallest absolute Gasteiger partial charge is 0.128 e. The molecule has 2 heterocycles. The summed E-state index contributed by atoms with van der Waals surface area (Å²) in [5, 5.41) is 4.28. The van der Waals surface area contributed by atoms with Crippen LogP contribution in [0.3, 0.4) is 0 Å². The van der Waals surface area contributed by atoms with Gasteiger partial charge < -0.3 is 9.88 Å². The Kier molecular flexibility index (Phi) is 3.11. The van der Waals surface area contributed by atoms with Gasteiger partial charge in [-0.1, -0.05) is 11.6 Å². The van der Waals surface area contributed by atoms with Crippen LogP contribution >= 0.6 is 11.6 Å². The van der Waals surface area contributed by atoms with Gasteiger partial charge in [0.1, 0.15) is 11.0 Å². The summed E-state index contributed by atoms with van der Waals surface area (Å²) in [4.78, 5) is 6.91. The SMILES string of the molecule is Cn1c(Cl)cnc1CNC1CCN(C2CC2)C1. The number of aromatic nitrogens is 2. The highest BCUT2D eigenvalue weighted by Crippen LogP contribution is 2.29. The molecule has 4 nitrogen and oxygen atoms in total. The molecule has 0 spiro atoms. The van der Waals surface area contributed by atoms with Crippen LogP contribution in [0, 0.1) is 0 Å². The van der Waals surface area contributed by atoms with Gasteiger partial charge in [-0.15, -0.1) is 0 Å². The fourth-order valence-electron chi connectivity index (χ4n) is 2.55. The van der Waals surface area contributed by atoms with E-state index < -0.39 is 0 Å². The average Bonchev–Trinajstić information content (AvgIpc) is 3.00. The van der Waals surface area contributed by atoms with Gasteiger partial charge in [-0.05, 0) is 19.3 Å². The maximum Gasteiger partial charge on any atom is 0.128 e. The van der Waals surface area contributed by atoms with Crippen LogP contribution in [0.4, 0.5) is 0 Å². The number of imidazole rings is 1. The van der Waals surface area contributed by atoms with Crippen LogP contribution < -0.4 is 5.32 Å². The van der Waals surface area contributed by atoms with Crippen molar-refractivity contribution in [3.63, 3.8) is 0 Å². The quantitative estimate of drug-likeness (QED) is 0.882. The molecule has 1 aromatic rings. The van der Waals surface area contributed by atoms with E-state index in [1.54, 1.807) is 6.20 Å². The van der Waals surface area contributed by atoms with Crippen molar-refractivity contribution in [3.8, 4) is 0 Å². The molecule has 1 N–H and O–H groups in total. The van der Waals surface area contributed by atoms with Gasteiger partial charge in [0.15, 0.2) is 0 Å². The molecule has 17 heavy (non-hydrogen) atoms. The summed E-state index contributed by atoms with van der Waals surface area (Å²) in [6.45, 7) is 3.26. The van der Waals surface area contributed by atoms with E-state index >= 15 is 0 Å². The predicted octanol–water partition coefficient (Wildman–Crippen LogP) is 1.40. The number of rotatable bonds is 4. The van der Waals surface area contributed by atoms with E-state index in [1.807, 2.05) is 11.6 Å². The molecule has 0 aromatic carbocycles. The predicted molar refractivity (Wildman–Crippen MR) is 68.1 cm³/mol. The molecule has 0 bridgehead atoms. The molecular formula is C12H19ClN4. The summed E-state index contributed by atoms with van der Waals surface area (Å²) in [6.07, 6.45) is 5.78. The number of halogens is 1. The highest BCUT2D eigenvalue weighted by atomic mass is 35.5. The molecule has 0 radical (unpaired) electrons. The van der Waals surface area contributed by atoms with Crippen molar-refractivity contribution in [2.24, 2.45) is 7.05 Å². The third kappa shape index (κ3) is 2.49. The lowest BCUT2D eigenvalue weighted by atomic mass is 10.2. The first-order valence-corrected chi connectivity index (χ1v) is 6.75. The molecule has 0 amide bonds. The summed E-state index contributed by atoms with van der Waals surface area (Å²) in [5.41, 5.74) is 0. The Bertz CT molecular complexity index is 399. The number of nitrogens with zero attached hydrogens (tertiary/aromatic N) is 3. The molecule has 1 atom stereocenters. The summed E-state index contributed by atoms with van der Waals surface area (Å²) in [6, 6.07) is 1.51. The second kappa shape index (κ2) is 4.59. The first kappa shape index (κ1) is 11.5. The molecule has 5 heteroatoms. The van der Waals surface area contributed by atoms with Crippen molar-refractivity contribution in [2.45, 2.75) is 37.9 Å². The van der Waals surface area contributed by atoms with Gasteiger partial charge >= 0.3 is 0 Å². The Morgan fingerprint density at radius 3 is 2.94 bits per heavy atom. The van der Waals surface area contributed by atoms with Gasteiger partial charge in [-0.2, -0.15) is 0 Å². The molecule has 1 saturated carbocycles. The van der Waals surface area contributed by atoms with Crippen LogP contribution in [0.1, 0.15) is 25.1 Å². The first-order valence-electron chi connectivity index (χ1n) is 6.37. The van der Waals surface area contributed by atoms with E-state index in [1.165, 1.54) is 32.4 Å². The van der Waals surface area contributed by atoms with Gasteiger partial charge in [0.2, 0.25) is 0 Å². The Labute approximate surface area is 107 Å². The lowest BCUT2D eigenvalue weighted by Gasteiger charge is -2.15. The second-order valence-electron chi connectivity index (χ2n) is 5.15. The van der Waals surface area contributed by atoms with Gasteiger partial charge in [0.25, 0.3) is 0 Å². The van der Waals surface area contributed by atoms with E-state index in [0.717, 1.165) is 18.4 Å². The number of hydrogen-bond donors (Lipinski definition) is 1. The molecular weight excluding hydrogens is 236 g/mol. The van der Waals surface area contributed by atoms with Crippen molar-refractivity contribution in [3.05, 3.63) is 17.2 Å². The lowest BCUT2D eigenvalue weighted by molar-refractivity contribution is 0.317. The molecule has 1 saturated heterocycles. The van der Waals surface area contributed by atoms with Gasteiger partial charge in [-0.3, -0.25) is 4.90 Å². The van der Waals surface area contributed by atoms with Crippen LogP contribution in [0.5, 0.6) is 0 Å². The highest BCUT2D eigenvalue weighted by Gasteiger charge is 2.34. The van der Waals surface area contributed by atoms with Crippen molar-refractivity contribution >= 4 is 11.6 Å². The van der Waals surface area contributed by atoms with Crippen LogP contribution in [-0.2, 0) is 13.6 Å². The van der Waals surface area contributed by atoms with Crippen molar-refractivity contribution in [1.82, 2.24) is 19.8 Å². The monoisotopic (exact) mass is 254 g/mol. The van der Waals surface area contributed by atoms with Crippen molar-refractivity contribution < 1.29 is 0 Å². The fraction of sp³-hybridized carbons (Fsp3) is 0.750. The molecule has 94 valence electrons. The van der Waals surface area contributed by atoms with Crippen LogP contribution in [0.15, 0.2) is 6.20 Å². The van der Waals surface area contributed by atoms with Crippen LogP contribution in [-0.4, -0.2) is 39.6 Å². The number of nitrogens with one attached hydrogen (secondary N) is 1.